The Bertz CT molecular complexity index is 1270. The average molecular weight is 566 g/mol. The highest BCUT2D eigenvalue weighted by molar-refractivity contribution is 7.81. The molecule has 1 aliphatic rings. The van der Waals surface area contributed by atoms with Crippen molar-refractivity contribution in [3.8, 4) is 0 Å². The Labute approximate surface area is 187 Å². The van der Waals surface area contributed by atoms with Crippen LogP contribution < -0.4 is 4.57 Å². The molecule has 19 nitrogen and oxygen atoms in total. The highest BCUT2D eigenvalue weighted by Gasteiger charge is 2.55. The Balaban J connectivity index is 2.68. The molecule has 192 valence electrons. The van der Waals surface area contributed by atoms with Crippen molar-refractivity contribution in [1.29, 1.82) is 0 Å². The molecule has 33 heavy (non-hydrogen) atoms. The molecule has 2 heterocycles. The molecule has 1 aromatic rings. The molecule has 0 bridgehead atoms. The minimum absolute atomic E-state index is 0.973. The SMILES string of the molecule is C[n+]1ccn([C@@H]2O[C@H](COS(=O)(=O)O)[C@@H](OS(=O)(=O)O)[C@H](OS(=O)(=O)O)[C@H]2OS(=O)(=O)O)c1. The number of rotatable bonds is 10. The van der Waals surface area contributed by atoms with E-state index in [4.69, 9.17) is 22.9 Å². The fourth-order valence-corrected chi connectivity index (χ4v) is 4.60. The van der Waals surface area contributed by atoms with Crippen LogP contribution in [0, 0.1) is 0 Å². The maximum absolute atomic E-state index is 11.4. The van der Waals surface area contributed by atoms with Crippen LogP contribution in [0.15, 0.2) is 18.7 Å². The van der Waals surface area contributed by atoms with Gasteiger partial charge in [0, 0.05) is 0 Å². The van der Waals surface area contributed by atoms with Gasteiger partial charge < -0.3 is 4.74 Å². The molecule has 4 N–H and O–H groups in total. The summed E-state index contributed by atoms with van der Waals surface area (Å²) >= 11 is 0. The number of hydrogen-bond acceptors (Lipinski definition) is 13. The van der Waals surface area contributed by atoms with Crippen LogP contribution in [0.3, 0.4) is 0 Å². The van der Waals surface area contributed by atoms with Crippen LogP contribution in [0.2, 0.25) is 0 Å². The summed E-state index contributed by atoms with van der Waals surface area (Å²) in [4.78, 5) is 0. The summed E-state index contributed by atoms with van der Waals surface area (Å²) in [6, 6.07) is 0. The summed E-state index contributed by atoms with van der Waals surface area (Å²) in [6.45, 7) is -1.31. The Morgan fingerprint density at radius 2 is 1.30 bits per heavy atom. The molecule has 0 radical (unpaired) electrons. The van der Waals surface area contributed by atoms with Gasteiger partial charge in [0.2, 0.25) is 12.6 Å². The van der Waals surface area contributed by atoms with Crippen LogP contribution in [-0.4, -0.2) is 87.5 Å². The lowest BCUT2D eigenvalue weighted by atomic mass is 9.98. The monoisotopic (exact) mass is 565 g/mol. The number of ether oxygens (including phenoxy) is 1. The maximum Gasteiger partial charge on any atom is 0.397 e. The van der Waals surface area contributed by atoms with Crippen molar-refractivity contribution >= 4 is 41.6 Å². The topological polar surface area (TPSA) is 272 Å². The molecule has 0 unspecified atom stereocenters. The summed E-state index contributed by atoms with van der Waals surface area (Å²) in [5.74, 6) is 0. The van der Waals surface area contributed by atoms with Gasteiger partial charge in [-0.2, -0.15) is 33.7 Å². The van der Waals surface area contributed by atoms with Crippen molar-refractivity contribution in [2.75, 3.05) is 6.61 Å². The molecular formula is C10H17N2O17S4+. The van der Waals surface area contributed by atoms with Gasteiger partial charge in [0.05, 0.1) is 13.7 Å². The Hall–Kier alpha value is -1.35. The number of imidazole rings is 1. The third-order valence-electron chi connectivity index (χ3n) is 3.77. The van der Waals surface area contributed by atoms with Crippen molar-refractivity contribution < 1.29 is 77.9 Å². The second kappa shape index (κ2) is 9.72. The molecule has 0 saturated carbocycles. The highest BCUT2D eigenvalue weighted by atomic mass is 32.3. The van der Waals surface area contributed by atoms with Crippen LogP contribution in [-0.2, 0) is 70.1 Å². The van der Waals surface area contributed by atoms with Crippen molar-refractivity contribution in [3.63, 3.8) is 0 Å². The van der Waals surface area contributed by atoms with Gasteiger partial charge in [-0.1, -0.05) is 0 Å². The largest absolute Gasteiger partial charge is 0.397 e. The van der Waals surface area contributed by atoms with E-state index in [0.717, 1.165) is 4.57 Å². The van der Waals surface area contributed by atoms with E-state index in [2.05, 4.69) is 16.7 Å². The standard InChI is InChI=1S/C10H16N2O17S4/c1-11-2-3-12(5-11)10-9(29-33(22,23)24)8(28-32(19,20)21)7(27-31(16,17)18)6(26-10)4-25-30(13,14)15/h2-3,5-10H,4H2,1H3,(H3-,13,14,15,16,17,18,19,20,21,22,23,24)/p+1/t6-,7-,8+,9-,10-/m1/s1. The van der Waals surface area contributed by atoms with Gasteiger partial charge in [-0.25, -0.2) is 25.9 Å². The van der Waals surface area contributed by atoms with Crippen LogP contribution in [0.5, 0.6) is 0 Å². The van der Waals surface area contributed by atoms with E-state index < -0.39 is 78.8 Å². The van der Waals surface area contributed by atoms with Crippen molar-refractivity contribution in [1.82, 2.24) is 4.57 Å². The first-order valence-electron chi connectivity index (χ1n) is 8.01. The minimum atomic E-state index is -5.56. The normalized spacial score (nSPS) is 27.5. The van der Waals surface area contributed by atoms with Gasteiger partial charge in [0.25, 0.3) is 0 Å². The van der Waals surface area contributed by atoms with Crippen molar-refractivity contribution in [3.05, 3.63) is 18.7 Å². The molecule has 1 fully saturated rings. The van der Waals surface area contributed by atoms with E-state index in [1.165, 1.54) is 30.3 Å². The van der Waals surface area contributed by atoms with Gasteiger partial charge in [0.1, 0.15) is 30.7 Å². The Morgan fingerprint density at radius 3 is 1.73 bits per heavy atom. The lowest BCUT2D eigenvalue weighted by Crippen LogP contribution is -2.60. The molecule has 0 amide bonds. The van der Waals surface area contributed by atoms with Crippen LogP contribution in [0.25, 0.3) is 0 Å². The second-order valence-corrected chi connectivity index (χ2v) is 10.5. The fourth-order valence-electron chi connectivity index (χ4n) is 2.79. The van der Waals surface area contributed by atoms with Gasteiger partial charge in [0.15, 0.2) is 6.10 Å². The van der Waals surface area contributed by atoms with Crippen LogP contribution >= 0.6 is 0 Å². The van der Waals surface area contributed by atoms with Gasteiger partial charge in [-0.15, -0.1) is 0 Å². The maximum atomic E-state index is 11.4. The predicted molar refractivity (Wildman–Crippen MR) is 96.3 cm³/mol. The summed E-state index contributed by atoms with van der Waals surface area (Å²) in [7, 11) is -20.3. The Morgan fingerprint density at radius 1 is 0.818 bits per heavy atom. The van der Waals surface area contributed by atoms with E-state index in [1.807, 2.05) is 0 Å². The quantitative estimate of drug-likeness (QED) is 0.159. The lowest BCUT2D eigenvalue weighted by molar-refractivity contribution is -0.671. The molecule has 0 spiro atoms. The fraction of sp³-hybridized carbons (Fsp3) is 0.700. The average Bonchev–Trinajstić information content (AvgIpc) is 2.99. The number of hydrogen-bond donors (Lipinski definition) is 4. The summed E-state index contributed by atoms with van der Waals surface area (Å²) in [6.07, 6.45) is -7.66. The number of aryl methyl sites for hydroxylation is 1. The first-order valence-corrected chi connectivity index (χ1v) is 13.5. The minimum Gasteiger partial charge on any atom is -0.328 e. The first kappa shape index (κ1) is 27.9. The van der Waals surface area contributed by atoms with E-state index in [-0.39, 0.29) is 0 Å². The lowest BCUT2D eigenvalue weighted by Gasteiger charge is -2.41. The summed E-state index contributed by atoms with van der Waals surface area (Å²) < 4.78 is 151. The van der Waals surface area contributed by atoms with Gasteiger partial charge in [-0.3, -0.25) is 18.2 Å². The molecular weight excluding hydrogens is 548 g/mol. The van der Waals surface area contributed by atoms with E-state index >= 15 is 0 Å². The zero-order valence-electron chi connectivity index (χ0n) is 15.9. The summed E-state index contributed by atoms with van der Waals surface area (Å²) in [5, 5.41) is 0. The van der Waals surface area contributed by atoms with Gasteiger partial charge in [-0.05, 0) is 0 Å². The molecule has 1 saturated heterocycles. The van der Waals surface area contributed by atoms with Crippen LogP contribution in [0.1, 0.15) is 6.23 Å². The second-order valence-electron chi connectivity index (χ2n) is 6.27. The molecule has 0 aliphatic carbocycles. The van der Waals surface area contributed by atoms with Crippen LogP contribution in [0.4, 0.5) is 0 Å². The molecule has 1 aromatic heterocycles. The summed E-state index contributed by atoms with van der Waals surface area (Å²) in [5.41, 5.74) is 0. The number of nitrogens with zero attached hydrogens (tertiary/aromatic N) is 2. The van der Waals surface area contributed by atoms with E-state index in [0.29, 0.717) is 0 Å². The molecule has 1 aliphatic heterocycles. The third-order valence-corrected chi connectivity index (χ3v) is 5.60. The Kier molecular flexibility index (Phi) is 8.22. The molecule has 2 rings (SSSR count). The zero-order chi connectivity index (χ0) is 25.4. The molecule has 0 aromatic carbocycles. The molecule has 5 atom stereocenters. The molecule has 23 heteroatoms. The first-order chi connectivity index (χ1) is 14.7. The van der Waals surface area contributed by atoms with Crippen molar-refractivity contribution in [2.24, 2.45) is 7.05 Å². The van der Waals surface area contributed by atoms with E-state index in [9.17, 15) is 33.7 Å². The van der Waals surface area contributed by atoms with Crippen molar-refractivity contribution in [2.45, 2.75) is 30.6 Å². The highest BCUT2D eigenvalue weighted by Crippen LogP contribution is 2.36. The number of aromatic nitrogens is 2. The van der Waals surface area contributed by atoms with E-state index in [1.54, 1.807) is 0 Å². The zero-order valence-corrected chi connectivity index (χ0v) is 19.2. The third kappa shape index (κ3) is 9.08. The smallest absolute Gasteiger partial charge is 0.328 e. The van der Waals surface area contributed by atoms with Gasteiger partial charge >= 0.3 is 41.6 Å². The predicted octanol–water partition coefficient (Wildman–Crippen LogP) is -3.41.